The third-order valence-electron chi connectivity index (χ3n) is 1.81. The Morgan fingerprint density at radius 3 is 2.94 bits per heavy atom. The van der Waals surface area contributed by atoms with Crippen molar-refractivity contribution in [1.82, 2.24) is 9.36 Å². The number of rotatable bonds is 3. The fourth-order valence-electron chi connectivity index (χ4n) is 1.12. The normalized spacial score (nSPS) is 10.4. The summed E-state index contributed by atoms with van der Waals surface area (Å²) in [5.41, 5.74) is 0.659. The summed E-state index contributed by atoms with van der Waals surface area (Å²) < 4.78 is 5.84. The van der Waals surface area contributed by atoms with Crippen molar-refractivity contribution in [2.24, 2.45) is 0 Å². The van der Waals surface area contributed by atoms with Gasteiger partial charge in [0.1, 0.15) is 5.82 Å². The van der Waals surface area contributed by atoms with Gasteiger partial charge in [-0.2, -0.15) is 4.37 Å². The molecule has 1 aromatic heterocycles. The smallest absolute Gasteiger partial charge is 0.174 e. The van der Waals surface area contributed by atoms with Gasteiger partial charge in [0.2, 0.25) is 0 Å². The van der Waals surface area contributed by atoms with Gasteiger partial charge in [-0.1, -0.05) is 27.7 Å². The third-order valence-corrected chi connectivity index (χ3v) is 4.23. The van der Waals surface area contributed by atoms with Crippen molar-refractivity contribution in [3.05, 3.63) is 34.1 Å². The lowest BCUT2D eigenvalue weighted by atomic mass is 10.2. The van der Waals surface area contributed by atoms with E-state index in [1.54, 1.807) is 6.07 Å². The molecule has 2 rings (SSSR count). The zero-order valence-electron chi connectivity index (χ0n) is 8.31. The number of carbonyl (C=O) groups excluding carboxylic acids is 1. The van der Waals surface area contributed by atoms with Crippen LogP contribution in [0.1, 0.15) is 16.2 Å². The summed E-state index contributed by atoms with van der Waals surface area (Å²) in [6.45, 7) is 1.85. The Bertz CT molecular complexity index is 527. The number of hydrogen-bond donors (Lipinski definition) is 0. The lowest BCUT2D eigenvalue weighted by Crippen LogP contribution is -1.85. The summed E-state index contributed by atoms with van der Waals surface area (Å²) in [5, 5.41) is 0. The maximum atomic E-state index is 10.9. The highest BCUT2D eigenvalue weighted by Gasteiger charge is 2.07. The lowest BCUT2D eigenvalue weighted by Gasteiger charge is -2.01. The first kappa shape index (κ1) is 11.8. The number of halogens is 1. The number of hydrogen-bond acceptors (Lipinski definition) is 5. The van der Waals surface area contributed by atoms with Crippen LogP contribution in [0.3, 0.4) is 0 Å². The first-order chi connectivity index (χ1) is 7.69. The molecule has 0 atom stereocenters. The second-order valence-corrected chi connectivity index (χ2v) is 5.97. The van der Waals surface area contributed by atoms with E-state index in [-0.39, 0.29) is 0 Å². The second kappa shape index (κ2) is 5.07. The molecule has 0 N–H and O–H groups in total. The molecule has 0 bridgehead atoms. The molecule has 2 aromatic rings. The Morgan fingerprint density at radius 2 is 2.31 bits per heavy atom. The van der Waals surface area contributed by atoms with Gasteiger partial charge in [0.15, 0.2) is 10.6 Å². The Morgan fingerprint density at radius 1 is 1.50 bits per heavy atom. The van der Waals surface area contributed by atoms with Crippen molar-refractivity contribution in [2.45, 2.75) is 16.2 Å². The molecule has 82 valence electrons. The van der Waals surface area contributed by atoms with E-state index in [1.807, 2.05) is 19.1 Å². The second-order valence-electron chi connectivity index (χ2n) is 3.01. The molecule has 0 aliphatic rings. The number of nitrogens with zero attached hydrogens (tertiary/aromatic N) is 2. The van der Waals surface area contributed by atoms with Gasteiger partial charge < -0.3 is 0 Å². The van der Waals surface area contributed by atoms with Crippen LogP contribution >= 0.6 is 39.2 Å². The fraction of sp³-hybridized carbons (Fsp3) is 0.100. The summed E-state index contributed by atoms with van der Waals surface area (Å²) in [6, 6.07) is 5.60. The molecule has 6 heteroatoms. The summed E-state index contributed by atoms with van der Waals surface area (Å²) in [7, 11) is 0. The SMILES string of the molecule is Cc1nsc(Sc2ccc(Br)cc2C=O)n1. The van der Waals surface area contributed by atoms with Crippen molar-refractivity contribution in [2.75, 3.05) is 0 Å². The standard InChI is InChI=1S/C10H7BrN2OS2/c1-6-12-10(16-13-6)15-9-3-2-8(11)4-7(9)5-14/h2-5H,1H3. The third kappa shape index (κ3) is 2.69. The number of aromatic nitrogens is 2. The molecule has 0 aliphatic carbocycles. The van der Waals surface area contributed by atoms with Gasteiger partial charge in [0, 0.05) is 14.9 Å². The van der Waals surface area contributed by atoms with E-state index in [4.69, 9.17) is 0 Å². The fourth-order valence-corrected chi connectivity index (χ4v) is 3.18. The van der Waals surface area contributed by atoms with Crippen molar-refractivity contribution in [1.29, 1.82) is 0 Å². The van der Waals surface area contributed by atoms with Gasteiger partial charge >= 0.3 is 0 Å². The Labute approximate surface area is 110 Å². The highest BCUT2D eigenvalue weighted by atomic mass is 79.9. The van der Waals surface area contributed by atoms with Crippen LogP contribution in [-0.2, 0) is 0 Å². The topological polar surface area (TPSA) is 42.9 Å². The average molecular weight is 315 g/mol. The van der Waals surface area contributed by atoms with Crippen LogP contribution in [0, 0.1) is 6.92 Å². The van der Waals surface area contributed by atoms with Gasteiger partial charge in [-0.15, -0.1) is 0 Å². The van der Waals surface area contributed by atoms with E-state index in [0.29, 0.717) is 5.56 Å². The van der Waals surface area contributed by atoms with E-state index in [2.05, 4.69) is 25.3 Å². The summed E-state index contributed by atoms with van der Waals surface area (Å²) in [5.74, 6) is 0.761. The first-order valence-corrected chi connectivity index (χ1v) is 6.80. The van der Waals surface area contributed by atoms with Crippen LogP contribution in [0.5, 0.6) is 0 Å². The highest BCUT2D eigenvalue weighted by molar-refractivity contribution is 9.10. The zero-order valence-corrected chi connectivity index (χ0v) is 11.5. The predicted octanol–water partition coefficient (Wildman–Crippen LogP) is 3.57. The molecule has 0 amide bonds. The van der Waals surface area contributed by atoms with Crippen molar-refractivity contribution in [3.63, 3.8) is 0 Å². The van der Waals surface area contributed by atoms with Gasteiger partial charge in [-0.05, 0) is 36.7 Å². The molecule has 1 aromatic carbocycles. The Balaban J connectivity index is 2.30. The Hall–Kier alpha value is -0.720. The van der Waals surface area contributed by atoms with Crippen molar-refractivity contribution in [3.8, 4) is 0 Å². The molecule has 0 radical (unpaired) electrons. The first-order valence-electron chi connectivity index (χ1n) is 4.42. The van der Waals surface area contributed by atoms with Crippen LogP contribution in [0.2, 0.25) is 0 Å². The molecule has 0 spiro atoms. The lowest BCUT2D eigenvalue weighted by molar-refractivity contribution is 0.112. The monoisotopic (exact) mass is 314 g/mol. The van der Waals surface area contributed by atoms with Crippen LogP contribution in [0.15, 0.2) is 31.9 Å². The quantitative estimate of drug-likeness (QED) is 0.812. The molecular weight excluding hydrogens is 308 g/mol. The number of aldehydes is 1. The van der Waals surface area contributed by atoms with Crippen LogP contribution in [-0.4, -0.2) is 15.6 Å². The minimum Gasteiger partial charge on any atom is -0.298 e. The minimum absolute atomic E-state index is 0.659. The molecule has 0 fully saturated rings. The van der Waals surface area contributed by atoms with Gasteiger partial charge in [0.05, 0.1) is 0 Å². The Kier molecular flexibility index (Phi) is 3.73. The summed E-state index contributed by atoms with van der Waals surface area (Å²) in [4.78, 5) is 16.1. The molecule has 16 heavy (non-hydrogen) atoms. The highest BCUT2D eigenvalue weighted by Crippen LogP contribution is 2.32. The number of carbonyl (C=O) groups is 1. The maximum absolute atomic E-state index is 10.9. The van der Waals surface area contributed by atoms with Gasteiger partial charge in [-0.3, -0.25) is 4.79 Å². The van der Waals surface area contributed by atoms with Crippen molar-refractivity contribution < 1.29 is 4.79 Å². The van der Waals surface area contributed by atoms with Gasteiger partial charge in [-0.25, -0.2) is 4.98 Å². The molecule has 3 nitrogen and oxygen atoms in total. The number of benzene rings is 1. The number of aryl methyl sites for hydroxylation is 1. The van der Waals surface area contributed by atoms with E-state index >= 15 is 0 Å². The van der Waals surface area contributed by atoms with Crippen LogP contribution in [0.25, 0.3) is 0 Å². The van der Waals surface area contributed by atoms with Crippen molar-refractivity contribution >= 4 is 45.5 Å². The minimum atomic E-state index is 0.659. The summed E-state index contributed by atoms with van der Waals surface area (Å²) in [6.07, 6.45) is 0.848. The van der Waals surface area contributed by atoms with E-state index in [1.165, 1.54) is 23.3 Å². The average Bonchev–Trinajstić information content (AvgIpc) is 2.67. The van der Waals surface area contributed by atoms with Crippen LogP contribution < -0.4 is 0 Å². The van der Waals surface area contributed by atoms with E-state index in [0.717, 1.165) is 25.8 Å². The molecular formula is C10H7BrN2OS2. The zero-order chi connectivity index (χ0) is 11.5. The van der Waals surface area contributed by atoms with Crippen LogP contribution in [0.4, 0.5) is 0 Å². The molecule has 0 unspecified atom stereocenters. The maximum Gasteiger partial charge on any atom is 0.174 e. The van der Waals surface area contributed by atoms with E-state index in [9.17, 15) is 4.79 Å². The summed E-state index contributed by atoms with van der Waals surface area (Å²) >= 11 is 6.14. The van der Waals surface area contributed by atoms with E-state index < -0.39 is 0 Å². The largest absolute Gasteiger partial charge is 0.298 e. The van der Waals surface area contributed by atoms with Gasteiger partial charge in [0.25, 0.3) is 0 Å². The molecule has 0 saturated heterocycles. The molecule has 1 heterocycles. The predicted molar refractivity (Wildman–Crippen MR) is 68.3 cm³/mol. The molecule has 0 saturated carbocycles. The molecule has 0 aliphatic heterocycles.